The van der Waals surface area contributed by atoms with Crippen LogP contribution in [0.2, 0.25) is 10.0 Å². The Morgan fingerprint density at radius 2 is 1.10 bits per heavy atom. The van der Waals surface area contributed by atoms with E-state index in [9.17, 15) is 24.4 Å². The fraction of sp³-hybridized carbons (Fsp3) is 0.389. The number of ether oxygens (including phenoxy) is 4. The van der Waals surface area contributed by atoms with E-state index in [1.807, 2.05) is 37.5 Å². The minimum Gasteiger partial charge on any atom is -0.419 e. The molecule has 0 amide bonds. The smallest absolute Gasteiger partial charge is 0.348 e. The average molecular weight is 722 g/mol. The summed E-state index contributed by atoms with van der Waals surface area (Å²) in [5.41, 5.74) is 1.37. The number of rotatable bonds is 8. The minimum absolute atomic E-state index is 0.0741. The van der Waals surface area contributed by atoms with Gasteiger partial charge in [-0.05, 0) is 63.1 Å². The highest BCUT2D eigenvalue weighted by atomic mass is 35.5. The molecule has 2 saturated heterocycles. The largest absolute Gasteiger partial charge is 0.419 e. The van der Waals surface area contributed by atoms with Gasteiger partial charge in [0.25, 0.3) is 11.6 Å². The van der Waals surface area contributed by atoms with Gasteiger partial charge in [-0.15, -0.1) is 0 Å². The predicted molar refractivity (Wildman–Crippen MR) is 185 cm³/mol. The van der Waals surface area contributed by atoms with Crippen molar-refractivity contribution in [3.63, 3.8) is 0 Å². The first kappa shape index (κ1) is 36.2. The van der Waals surface area contributed by atoms with Crippen molar-refractivity contribution in [3.05, 3.63) is 73.6 Å². The predicted octanol–water partition coefficient (Wildman–Crippen LogP) is 6.74. The van der Waals surface area contributed by atoms with Gasteiger partial charge in [-0.2, -0.15) is 5.26 Å². The molecule has 5 rings (SSSR count). The molecule has 2 aromatic carbocycles. The molecule has 0 radical (unpaired) electrons. The van der Waals surface area contributed by atoms with Crippen LogP contribution >= 0.6 is 23.2 Å². The Morgan fingerprint density at radius 1 is 0.720 bits per heavy atom. The molecule has 3 aliphatic rings. The number of hydrogen-bond acceptors (Lipinski definition) is 11. The van der Waals surface area contributed by atoms with Crippen molar-refractivity contribution in [1.82, 2.24) is 0 Å². The van der Waals surface area contributed by atoms with Gasteiger partial charge in [0.05, 0.1) is 27.9 Å². The second-order valence-corrected chi connectivity index (χ2v) is 12.5. The van der Waals surface area contributed by atoms with Gasteiger partial charge in [0, 0.05) is 57.5 Å². The normalized spacial score (nSPS) is 21.4. The van der Waals surface area contributed by atoms with Crippen LogP contribution in [0.5, 0.6) is 0 Å². The van der Waals surface area contributed by atoms with E-state index in [2.05, 4.69) is 10.9 Å². The second kappa shape index (κ2) is 14.4. The van der Waals surface area contributed by atoms with E-state index >= 15 is 0 Å². The van der Waals surface area contributed by atoms with Gasteiger partial charge in [0.2, 0.25) is 5.69 Å². The fourth-order valence-corrected chi connectivity index (χ4v) is 6.82. The lowest BCUT2D eigenvalue weighted by Gasteiger charge is -2.46. The maximum atomic E-state index is 13.2. The minimum atomic E-state index is -1.67. The summed E-state index contributed by atoms with van der Waals surface area (Å²) in [6.45, 7) is 18.0. The first-order valence-corrected chi connectivity index (χ1v) is 16.9. The molecule has 1 saturated carbocycles. The van der Waals surface area contributed by atoms with E-state index in [0.717, 1.165) is 0 Å². The molecule has 14 heteroatoms. The number of benzene rings is 2. The Bertz CT molecular complexity index is 1730. The topological polar surface area (TPSA) is 140 Å². The van der Waals surface area contributed by atoms with Crippen LogP contribution in [-0.4, -0.2) is 61.6 Å². The molecule has 0 aromatic heterocycles. The number of carbonyl (C=O) groups excluding carboxylic acids is 4. The first-order valence-electron chi connectivity index (χ1n) is 16.2. The van der Waals surface area contributed by atoms with Crippen LogP contribution in [0.15, 0.2) is 35.4 Å². The van der Waals surface area contributed by atoms with Crippen molar-refractivity contribution >= 4 is 76.3 Å². The molecule has 0 atom stereocenters. The molecular formula is C36H34Cl2N4O8. The van der Waals surface area contributed by atoms with E-state index in [4.69, 9.17) is 48.7 Å². The number of esters is 4. The van der Waals surface area contributed by atoms with Gasteiger partial charge < -0.3 is 28.7 Å². The summed E-state index contributed by atoms with van der Waals surface area (Å²) in [7, 11) is 0. The van der Waals surface area contributed by atoms with Crippen molar-refractivity contribution in [2.75, 3.05) is 36.0 Å². The van der Waals surface area contributed by atoms with Crippen molar-refractivity contribution in [2.24, 2.45) is 0 Å². The average Bonchev–Trinajstić information content (AvgIpc) is 3.09. The van der Waals surface area contributed by atoms with Crippen LogP contribution in [0.25, 0.3) is 17.0 Å². The van der Waals surface area contributed by atoms with Crippen molar-refractivity contribution in [2.45, 2.75) is 65.0 Å². The van der Waals surface area contributed by atoms with Gasteiger partial charge in [-0.25, -0.2) is 24.0 Å². The van der Waals surface area contributed by atoms with Gasteiger partial charge in [0.1, 0.15) is 17.2 Å². The summed E-state index contributed by atoms with van der Waals surface area (Å²) < 4.78 is 22.5. The van der Waals surface area contributed by atoms with Gasteiger partial charge in [-0.1, -0.05) is 35.3 Å². The van der Waals surface area contributed by atoms with Crippen molar-refractivity contribution in [3.8, 4) is 6.07 Å². The zero-order valence-electron chi connectivity index (χ0n) is 27.9. The van der Waals surface area contributed by atoms with Gasteiger partial charge in [0.15, 0.2) is 0 Å². The summed E-state index contributed by atoms with van der Waals surface area (Å²) in [5, 5.41) is 9.94. The molecule has 3 fully saturated rings. The molecule has 260 valence electrons. The Morgan fingerprint density at radius 3 is 1.48 bits per heavy atom. The molecular weight excluding hydrogens is 687 g/mol. The summed E-state index contributed by atoms with van der Waals surface area (Å²) in [4.78, 5) is 60.1. The Kier molecular flexibility index (Phi) is 10.5. The third-order valence-corrected chi connectivity index (χ3v) is 9.88. The SMILES string of the molecule is [C-]#[N+]c1c(N(CC)CC)ccc(C=C2C(=O)OC3(CCC4(CC3)OC(=O)C(=Cc3ccc(N(CC)CC)c(C#N)c3Cl)C(=O)O4)OC2=O)c1Cl. The molecule has 2 heterocycles. The molecule has 1 aliphatic carbocycles. The van der Waals surface area contributed by atoms with E-state index in [1.54, 1.807) is 24.3 Å². The lowest BCUT2D eigenvalue weighted by Crippen LogP contribution is -2.56. The summed E-state index contributed by atoms with van der Waals surface area (Å²) in [6, 6.07) is 8.71. The summed E-state index contributed by atoms with van der Waals surface area (Å²) in [5.74, 6) is -7.15. The number of carbonyl (C=O) groups is 4. The van der Waals surface area contributed by atoms with E-state index in [-0.39, 0.29) is 58.1 Å². The van der Waals surface area contributed by atoms with Crippen LogP contribution < -0.4 is 9.80 Å². The number of hydrogen-bond donors (Lipinski definition) is 0. The first-order chi connectivity index (χ1) is 23.9. The fourth-order valence-electron chi connectivity index (χ4n) is 6.31. The van der Waals surface area contributed by atoms with Crippen molar-refractivity contribution < 1.29 is 38.1 Å². The number of nitrogens with zero attached hydrogens (tertiary/aromatic N) is 4. The number of halogens is 2. The van der Waals surface area contributed by atoms with Crippen LogP contribution in [0.1, 0.15) is 70.1 Å². The van der Waals surface area contributed by atoms with Crippen molar-refractivity contribution in [1.29, 1.82) is 5.26 Å². The lowest BCUT2D eigenvalue weighted by molar-refractivity contribution is -0.291. The number of nitriles is 1. The maximum absolute atomic E-state index is 13.2. The van der Waals surface area contributed by atoms with Crippen LogP contribution in [-0.2, 0) is 38.1 Å². The molecule has 2 spiro atoms. The van der Waals surface area contributed by atoms with E-state index < -0.39 is 46.6 Å². The highest BCUT2D eigenvalue weighted by Gasteiger charge is 2.57. The third kappa shape index (κ3) is 6.61. The molecule has 2 aliphatic heterocycles. The van der Waals surface area contributed by atoms with Gasteiger partial charge in [-0.3, -0.25) is 0 Å². The molecule has 0 bridgehead atoms. The third-order valence-electron chi connectivity index (χ3n) is 9.07. The van der Waals surface area contributed by atoms with Crippen LogP contribution in [0, 0.1) is 17.9 Å². The zero-order chi connectivity index (χ0) is 36.4. The highest BCUT2D eigenvalue weighted by molar-refractivity contribution is 6.36. The Hall–Kier alpha value is -5.04. The van der Waals surface area contributed by atoms with Gasteiger partial charge >= 0.3 is 23.9 Å². The molecule has 0 unspecified atom stereocenters. The molecule has 2 aromatic rings. The zero-order valence-corrected chi connectivity index (χ0v) is 29.4. The number of anilines is 2. The Balaban J connectivity index is 1.30. The summed E-state index contributed by atoms with van der Waals surface area (Å²) in [6.07, 6.45) is 1.96. The highest BCUT2D eigenvalue weighted by Crippen LogP contribution is 2.46. The summed E-state index contributed by atoms with van der Waals surface area (Å²) >= 11 is 13.1. The van der Waals surface area contributed by atoms with E-state index in [1.165, 1.54) is 12.2 Å². The molecule has 12 nitrogen and oxygen atoms in total. The monoisotopic (exact) mass is 720 g/mol. The molecule has 0 N–H and O–H groups in total. The van der Waals surface area contributed by atoms with Crippen LogP contribution in [0.3, 0.4) is 0 Å². The molecule has 50 heavy (non-hydrogen) atoms. The Labute approximate surface area is 299 Å². The standard InChI is InChI=1S/C36H34Cl2N4O8/c1-6-41(7-2)26-12-10-21(28(37)25(26)20-39)18-23-31(43)47-35(48-32(23)44)14-16-36(17-15-35)49-33(45)24(34(46)50-36)19-22-11-13-27(42(8-3)9-4)30(40-5)29(22)38/h10-13,18-19H,6-9,14-17H2,1-4H3. The van der Waals surface area contributed by atoms with Crippen LogP contribution in [0.4, 0.5) is 17.1 Å². The second-order valence-electron chi connectivity index (χ2n) is 11.8. The van der Waals surface area contributed by atoms with E-state index in [0.29, 0.717) is 37.6 Å². The lowest BCUT2D eigenvalue weighted by atomic mass is 9.87. The maximum Gasteiger partial charge on any atom is 0.348 e. The quantitative estimate of drug-likeness (QED) is 0.124.